The van der Waals surface area contributed by atoms with E-state index in [1.807, 2.05) is 0 Å². The fourth-order valence-electron chi connectivity index (χ4n) is 1.79. The second kappa shape index (κ2) is 6.19. The quantitative estimate of drug-likeness (QED) is 0.653. The van der Waals surface area contributed by atoms with Crippen LogP contribution in [0, 0.1) is 15.9 Å². The molecule has 2 aromatic rings. The van der Waals surface area contributed by atoms with Gasteiger partial charge in [-0.15, -0.1) is 0 Å². The van der Waals surface area contributed by atoms with Gasteiger partial charge in [0.05, 0.1) is 11.0 Å². The fourth-order valence-corrected chi connectivity index (χ4v) is 2.14. The molecule has 2 aromatic carbocycles. The Balaban J connectivity index is 2.51. The number of aliphatic hydroxyl groups is 1. The second-order valence-corrected chi connectivity index (χ2v) is 5.22. The maximum absolute atomic E-state index is 13.9. The van der Waals surface area contributed by atoms with E-state index in [-0.39, 0.29) is 22.7 Å². The maximum atomic E-state index is 13.9. The lowest BCUT2D eigenvalue weighted by Gasteiger charge is -2.14. The molecule has 2 rings (SSSR count). The lowest BCUT2D eigenvalue weighted by atomic mass is 10.1. The molecule has 0 aliphatic heterocycles. The Hall–Kier alpha value is -1.99. The van der Waals surface area contributed by atoms with Crippen LogP contribution in [0.4, 0.5) is 10.1 Å². The minimum Gasteiger partial charge on any atom is -0.447 e. The van der Waals surface area contributed by atoms with Crippen LogP contribution < -0.4 is 4.74 Å². The minimum absolute atomic E-state index is 0.102. The smallest absolute Gasteiger partial charge is 0.312 e. The highest BCUT2D eigenvalue weighted by Gasteiger charge is 2.20. The van der Waals surface area contributed by atoms with Gasteiger partial charge in [-0.2, -0.15) is 0 Å². The van der Waals surface area contributed by atoms with Crippen LogP contribution in [0.15, 0.2) is 40.9 Å². The molecule has 1 N–H and O–H groups in total. The monoisotopic (exact) mass is 355 g/mol. The number of benzene rings is 2. The number of halogens is 2. The summed E-state index contributed by atoms with van der Waals surface area (Å²) in [5, 5.41) is 20.7. The van der Waals surface area contributed by atoms with Crippen molar-refractivity contribution in [1.82, 2.24) is 0 Å². The van der Waals surface area contributed by atoms with Gasteiger partial charge < -0.3 is 9.84 Å². The van der Waals surface area contributed by atoms with E-state index >= 15 is 0 Å². The van der Waals surface area contributed by atoms with Crippen LogP contribution in [0.2, 0.25) is 0 Å². The van der Waals surface area contributed by atoms with Gasteiger partial charge in [0.1, 0.15) is 0 Å². The van der Waals surface area contributed by atoms with Crippen LogP contribution in [0.25, 0.3) is 0 Å². The molecule has 1 atom stereocenters. The number of ether oxygens (including phenoxy) is 1. The lowest BCUT2D eigenvalue weighted by molar-refractivity contribution is -0.385. The highest BCUT2D eigenvalue weighted by molar-refractivity contribution is 9.10. The summed E-state index contributed by atoms with van der Waals surface area (Å²) in [7, 11) is 0. The first-order valence-electron chi connectivity index (χ1n) is 5.98. The van der Waals surface area contributed by atoms with Crippen LogP contribution in [0.1, 0.15) is 18.6 Å². The van der Waals surface area contributed by atoms with E-state index in [9.17, 15) is 19.6 Å². The van der Waals surface area contributed by atoms with Crippen molar-refractivity contribution in [1.29, 1.82) is 0 Å². The van der Waals surface area contributed by atoms with Gasteiger partial charge in [-0.3, -0.25) is 10.1 Å². The van der Waals surface area contributed by atoms with Crippen molar-refractivity contribution in [2.45, 2.75) is 13.0 Å². The zero-order valence-electron chi connectivity index (χ0n) is 10.9. The summed E-state index contributed by atoms with van der Waals surface area (Å²) in [4.78, 5) is 10.4. The van der Waals surface area contributed by atoms with E-state index in [2.05, 4.69) is 15.9 Å². The molecule has 0 spiro atoms. The van der Waals surface area contributed by atoms with Crippen LogP contribution >= 0.6 is 15.9 Å². The van der Waals surface area contributed by atoms with Crippen molar-refractivity contribution in [3.05, 3.63) is 62.4 Å². The van der Waals surface area contributed by atoms with Crippen molar-refractivity contribution in [2.24, 2.45) is 0 Å². The Labute approximate surface area is 128 Å². The molecule has 7 heteroatoms. The van der Waals surface area contributed by atoms with Gasteiger partial charge in [0.15, 0.2) is 11.6 Å². The predicted octanol–water partition coefficient (Wildman–Crippen LogP) is 4.34. The summed E-state index contributed by atoms with van der Waals surface area (Å²) in [6.45, 7) is 1.46. The number of hydrogen-bond acceptors (Lipinski definition) is 4. The molecule has 0 aliphatic carbocycles. The highest BCUT2D eigenvalue weighted by Crippen LogP contribution is 2.37. The fraction of sp³-hybridized carbons (Fsp3) is 0.143. The minimum atomic E-state index is -0.967. The molecule has 0 heterocycles. The molecule has 0 saturated carbocycles. The molecule has 0 fully saturated rings. The van der Waals surface area contributed by atoms with Crippen molar-refractivity contribution < 1.29 is 19.2 Å². The summed E-state index contributed by atoms with van der Waals surface area (Å²) >= 11 is 3.13. The first-order chi connectivity index (χ1) is 9.90. The number of nitrogens with zero attached hydrogens (tertiary/aromatic N) is 1. The molecule has 110 valence electrons. The summed E-state index contributed by atoms with van der Waals surface area (Å²) in [5.74, 6) is -1.03. The van der Waals surface area contributed by atoms with Crippen molar-refractivity contribution in [3.8, 4) is 11.5 Å². The standard InChI is InChI=1S/C14H11BrFNO4/c1-8(18)10-3-2-4-11(16)14(10)21-13-6-5-9(15)7-12(13)17(19)20/h2-8,18H,1H3/t8-/m0/s1. The van der Waals surface area contributed by atoms with E-state index in [1.54, 1.807) is 6.07 Å². The van der Waals surface area contributed by atoms with Gasteiger partial charge in [0.2, 0.25) is 5.75 Å². The summed E-state index contributed by atoms with van der Waals surface area (Å²) < 4.78 is 19.7. The zero-order valence-corrected chi connectivity index (χ0v) is 12.5. The molecule has 0 saturated heterocycles. The average Bonchev–Trinajstić information content (AvgIpc) is 2.42. The Kier molecular flexibility index (Phi) is 4.54. The Morgan fingerprint density at radius 3 is 2.71 bits per heavy atom. The third-order valence-corrected chi connectivity index (χ3v) is 3.27. The molecular weight excluding hydrogens is 345 g/mol. The Morgan fingerprint density at radius 1 is 1.38 bits per heavy atom. The van der Waals surface area contributed by atoms with E-state index in [1.165, 1.54) is 31.2 Å². The van der Waals surface area contributed by atoms with Crippen LogP contribution in [-0.4, -0.2) is 10.0 Å². The van der Waals surface area contributed by atoms with Crippen molar-refractivity contribution >= 4 is 21.6 Å². The number of aliphatic hydroxyl groups excluding tert-OH is 1. The molecule has 0 aliphatic rings. The topological polar surface area (TPSA) is 72.6 Å². The van der Waals surface area contributed by atoms with Crippen LogP contribution in [0.5, 0.6) is 11.5 Å². The zero-order chi connectivity index (χ0) is 15.6. The number of nitro benzene ring substituents is 1. The number of hydrogen-bond donors (Lipinski definition) is 1. The first kappa shape index (κ1) is 15.4. The molecule has 5 nitrogen and oxygen atoms in total. The predicted molar refractivity (Wildman–Crippen MR) is 77.9 cm³/mol. The Bertz CT molecular complexity index is 691. The highest BCUT2D eigenvalue weighted by atomic mass is 79.9. The second-order valence-electron chi connectivity index (χ2n) is 4.31. The van der Waals surface area contributed by atoms with E-state index in [0.717, 1.165) is 6.07 Å². The molecule has 0 radical (unpaired) electrons. The van der Waals surface area contributed by atoms with Gasteiger partial charge in [0, 0.05) is 16.1 Å². The third kappa shape index (κ3) is 3.37. The van der Waals surface area contributed by atoms with Crippen LogP contribution in [0.3, 0.4) is 0 Å². The number of rotatable bonds is 4. The van der Waals surface area contributed by atoms with Gasteiger partial charge in [-0.25, -0.2) is 4.39 Å². The molecule has 0 aromatic heterocycles. The molecule has 0 amide bonds. The average molecular weight is 356 g/mol. The summed E-state index contributed by atoms with van der Waals surface area (Å²) in [5.41, 5.74) is -0.0867. The van der Waals surface area contributed by atoms with E-state index < -0.39 is 16.8 Å². The third-order valence-electron chi connectivity index (χ3n) is 2.78. The van der Waals surface area contributed by atoms with E-state index in [0.29, 0.717) is 4.47 Å². The van der Waals surface area contributed by atoms with Crippen molar-refractivity contribution in [3.63, 3.8) is 0 Å². The molecule has 0 bridgehead atoms. The molecule has 0 unspecified atom stereocenters. The van der Waals surface area contributed by atoms with E-state index in [4.69, 9.17) is 4.74 Å². The largest absolute Gasteiger partial charge is 0.447 e. The normalized spacial score (nSPS) is 12.0. The summed E-state index contributed by atoms with van der Waals surface area (Å²) in [6.07, 6.45) is -0.967. The first-order valence-corrected chi connectivity index (χ1v) is 6.77. The summed E-state index contributed by atoms with van der Waals surface area (Å²) in [6, 6.07) is 8.25. The lowest BCUT2D eigenvalue weighted by Crippen LogP contribution is -2.00. The van der Waals surface area contributed by atoms with Gasteiger partial charge in [-0.05, 0) is 25.1 Å². The van der Waals surface area contributed by atoms with Crippen LogP contribution in [-0.2, 0) is 0 Å². The maximum Gasteiger partial charge on any atom is 0.312 e. The van der Waals surface area contributed by atoms with Gasteiger partial charge in [0.25, 0.3) is 0 Å². The van der Waals surface area contributed by atoms with Crippen molar-refractivity contribution in [2.75, 3.05) is 0 Å². The van der Waals surface area contributed by atoms with Gasteiger partial charge >= 0.3 is 5.69 Å². The number of nitro groups is 1. The SMILES string of the molecule is C[C@H](O)c1cccc(F)c1Oc1ccc(Br)cc1[N+](=O)[O-]. The Morgan fingerprint density at radius 2 is 2.10 bits per heavy atom. The number of para-hydroxylation sites is 1. The molecule has 21 heavy (non-hydrogen) atoms. The van der Waals surface area contributed by atoms with Gasteiger partial charge in [-0.1, -0.05) is 28.1 Å². The molecular formula is C14H11BrFNO4.